The first-order valence-corrected chi connectivity index (χ1v) is 36.1. The fourth-order valence-electron chi connectivity index (χ4n) is 9.27. The fourth-order valence-corrected chi connectivity index (χ4v) is 13.1. The molecule has 0 rings (SSSR count). The van der Waals surface area contributed by atoms with Crippen LogP contribution in [0.5, 0.6) is 0 Å². The third kappa shape index (κ3) is 49.5. The normalized spacial score (nSPS) is 13.2. The summed E-state index contributed by atoms with van der Waals surface area (Å²) in [5, 5.41) is 0. The van der Waals surface area contributed by atoms with E-state index in [1.54, 1.807) is 0 Å². The molecule has 0 saturated carbocycles. The van der Waals surface area contributed by atoms with E-state index in [-0.39, 0.29) is 0 Å². The third-order valence-electron chi connectivity index (χ3n) is 14.3. The van der Waals surface area contributed by atoms with Crippen molar-refractivity contribution < 1.29 is 23.4 Å². The van der Waals surface area contributed by atoms with Crippen LogP contribution in [0.4, 0.5) is 0 Å². The second-order valence-electron chi connectivity index (χ2n) is 21.3. The maximum atomic E-state index is 13.6. The first-order valence-electron chi connectivity index (χ1n) is 31.1. The van der Waals surface area contributed by atoms with Gasteiger partial charge in [0.1, 0.15) is 0 Å². The minimum Gasteiger partial charge on any atom is -0.0885 e. The van der Waals surface area contributed by atoms with Gasteiger partial charge >= 0.3 is 308 Å². The second kappa shape index (κ2) is 59.2. The topological polar surface area (TPSA) is 78.9 Å². The Morgan fingerprint density at radius 1 is 0.301 bits per heavy atom. The Kier molecular flexibility index (Phi) is 58.8. The Balaban J connectivity index is 5.00. The van der Waals surface area contributed by atoms with Gasteiger partial charge < -0.3 is 0 Å². The van der Waals surface area contributed by atoms with Crippen molar-refractivity contribution in [1.29, 1.82) is 0 Å². The molecule has 0 heterocycles. The van der Waals surface area contributed by atoms with E-state index in [0.717, 1.165) is 77.0 Å². The Morgan fingerprint density at radius 2 is 0.479 bits per heavy atom. The maximum absolute atomic E-state index is 13.6. The number of carbonyl (C=O) groups is 3. The number of unbranched alkanes of at least 4 members (excludes halogenated alkanes) is 36. The monoisotopic (exact) mass is 1190 g/mol. The third-order valence-corrected chi connectivity index (χ3v) is 18.5. The van der Waals surface area contributed by atoms with Gasteiger partial charge in [0.15, 0.2) is 0 Å². The summed E-state index contributed by atoms with van der Waals surface area (Å²) < 4.78 is 17.8. The van der Waals surface area contributed by atoms with Crippen molar-refractivity contribution in [2.24, 2.45) is 17.8 Å². The van der Waals surface area contributed by atoms with Gasteiger partial charge in [-0.15, -0.1) is 0 Å². The van der Waals surface area contributed by atoms with E-state index in [9.17, 15) is 14.4 Å². The molecule has 10 heteroatoms. The molecule has 3 atom stereocenters. The molecule has 0 saturated heterocycles. The zero-order valence-corrected chi connectivity index (χ0v) is 53.1. The quantitative estimate of drug-likeness (QED) is 0.0244. The summed E-state index contributed by atoms with van der Waals surface area (Å²) in [6.45, 7) is 6.80. The van der Waals surface area contributed by atoms with Gasteiger partial charge in [-0.1, -0.05) is 135 Å². The SMILES string of the molecule is CCCCCCCC/C=C\CCCCCCCCC(CS)C(=O)[O][Sb]([O]C(=O)C(CS)CCCCCCCC/C=C\CCCCCCCC)[O]C(=O)C(CS)CCCCCCCC/C=C\CCCCCCCC. The van der Waals surface area contributed by atoms with E-state index in [4.69, 9.17) is 9.05 Å². The summed E-state index contributed by atoms with van der Waals surface area (Å²) >= 11 is 9.49. The van der Waals surface area contributed by atoms with Crippen LogP contribution in [0.1, 0.15) is 310 Å². The van der Waals surface area contributed by atoms with E-state index >= 15 is 0 Å². The van der Waals surface area contributed by atoms with Crippen molar-refractivity contribution in [3.05, 3.63) is 36.5 Å². The predicted molar refractivity (Wildman–Crippen MR) is 328 cm³/mol. The zero-order valence-electron chi connectivity index (χ0n) is 47.9. The van der Waals surface area contributed by atoms with Crippen LogP contribution in [0.3, 0.4) is 0 Å². The minimum atomic E-state index is -4.09. The average molecular weight is 1190 g/mol. The van der Waals surface area contributed by atoms with E-state index in [0.29, 0.717) is 36.5 Å². The van der Waals surface area contributed by atoms with Crippen LogP contribution in [-0.2, 0) is 23.4 Å². The standard InChI is InChI=1S/3C21H40O2S.Sb/c3*1-2-3-4-5-6-7-8-9-10-11-12-13-14-15-16-17-18-20(19-24)21(22)23;/h3*9-10,20,24H,2-8,11-19H2,1H3,(H,22,23);/q;;;+3/p-3/b3*10-9-;. The molecule has 0 aliphatic heterocycles. The van der Waals surface area contributed by atoms with E-state index < -0.39 is 57.1 Å². The molecule has 428 valence electrons. The molecule has 0 aromatic heterocycles. The van der Waals surface area contributed by atoms with Gasteiger partial charge in [0, 0.05) is 0 Å². The molecule has 0 radical (unpaired) electrons. The number of hydrogen-bond donors (Lipinski definition) is 3. The number of thiol groups is 3. The summed E-state index contributed by atoms with van der Waals surface area (Å²) in [5.41, 5.74) is 0. The van der Waals surface area contributed by atoms with Crippen LogP contribution in [0, 0.1) is 17.8 Å². The molecule has 0 fully saturated rings. The summed E-state index contributed by atoms with van der Waals surface area (Å²) in [5.74, 6) is -1.80. The van der Waals surface area contributed by atoms with Crippen molar-refractivity contribution >= 4 is 77.3 Å². The van der Waals surface area contributed by atoms with Gasteiger partial charge in [-0.3, -0.25) is 0 Å². The molecule has 0 aromatic carbocycles. The zero-order chi connectivity index (χ0) is 53.3. The minimum absolute atomic E-state index is 0.324. The molecule has 0 N–H and O–H groups in total. The van der Waals surface area contributed by atoms with Gasteiger partial charge in [-0.25, -0.2) is 0 Å². The molecule has 0 bridgehead atoms. The smallest absolute Gasteiger partial charge is 0.0885 e. The Bertz CT molecular complexity index is 1140. The van der Waals surface area contributed by atoms with Crippen molar-refractivity contribution in [1.82, 2.24) is 0 Å². The summed E-state index contributed by atoms with van der Waals surface area (Å²) in [7, 11) is 0. The molecule has 0 aromatic rings. The Labute approximate surface area is 478 Å². The summed E-state index contributed by atoms with van der Waals surface area (Å²) in [4.78, 5) is 40.9. The van der Waals surface area contributed by atoms with Crippen LogP contribution in [0.2, 0.25) is 0 Å². The van der Waals surface area contributed by atoms with Crippen LogP contribution in [0.25, 0.3) is 0 Å². The van der Waals surface area contributed by atoms with Gasteiger partial charge in [0.25, 0.3) is 0 Å². The van der Waals surface area contributed by atoms with Crippen molar-refractivity contribution in [2.75, 3.05) is 17.3 Å². The number of rotatable bonds is 57. The number of allylic oxidation sites excluding steroid dienone is 6. The van der Waals surface area contributed by atoms with E-state index in [2.05, 4.69) is 95.1 Å². The van der Waals surface area contributed by atoms with Crippen molar-refractivity contribution in [3.8, 4) is 0 Å². The average Bonchev–Trinajstić information content (AvgIpc) is 3.39. The fraction of sp³-hybridized carbons (Fsp3) is 0.857. The number of carbonyl (C=O) groups excluding carboxylic acids is 3. The molecule has 0 aliphatic carbocycles. The van der Waals surface area contributed by atoms with Gasteiger partial charge in [0.05, 0.1) is 0 Å². The molecule has 6 nitrogen and oxygen atoms in total. The summed E-state index contributed by atoms with van der Waals surface area (Å²) in [6.07, 6.45) is 67.6. The molecule has 0 aliphatic rings. The molecular weight excluding hydrogens is 1070 g/mol. The van der Waals surface area contributed by atoms with Crippen molar-refractivity contribution in [3.63, 3.8) is 0 Å². The molecule has 0 amide bonds. The van der Waals surface area contributed by atoms with Crippen LogP contribution in [-0.4, -0.2) is 56.6 Å². The second-order valence-corrected chi connectivity index (χ2v) is 25.2. The Hall–Kier alpha value is -0.502. The van der Waals surface area contributed by atoms with Gasteiger partial charge in [-0.2, -0.15) is 0 Å². The van der Waals surface area contributed by atoms with Crippen LogP contribution < -0.4 is 0 Å². The molecule has 0 spiro atoms. The molecule has 73 heavy (non-hydrogen) atoms. The van der Waals surface area contributed by atoms with Crippen LogP contribution >= 0.6 is 37.9 Å². The van der Waals surface area contributed by atoms with E-state index in [1.165, 1.54) is 193 Å². The summed E-state index contributed by atoms with van der Waals surface area (Å²) in [6, 6.07) is 0. The first kappa shape index (κ1) is 72.5. The number of hydrogen-bond acceptors (Lipinski definition) is 9. The van der Waals surface area contributed by atoms with Crippen LogP contribution in [0.15, 0.2) is 36.5 Å². The predicted octanol–water partition coefficient (Wildman–Crippen LogP) is 20.5. The molecular formula is C63H117O6S3Sb. The van der Waals surface area contributed by atoms with Crippen molar-refractivity contribution in [2.45, 2.75) is 310 Å². The molecule has 3 unspecified atom stereocenters. The Morgan fingerprint density at radius 3 is 0.671 bits per heavy atom. The first-order chi connectivity index (χ1) is 35.9. The van der Waals surface area contributed by atoms with Gasteiger partial charge in [0.2, 0.25) is 0 Å². The van der Waals surface area contributed by atoms with E-state index in [1.807, 2.05) is 0 Å². The van der Waals surface area contributed by atoms with Gasteiger partial charge in [-0.05, 0) is 38.5 Å².